The maximum atomic E-state index is 3.50. The highest BCUT2D eigenvalue weighted by molar-refractivity contribution is 7.22. The van der Waals surface area contributed by atoms with Crippen molar-refractivity contribution < 1.29 is 0 Å². The molecule has 0 spiro atoms. The molecule has 0 amide bonds. The highest BCUT2D eigenvalue weighted by atomic mass is 32.1. The lowest BCUT2D eigenvalue weighted by Crippen LogP contribution is -1.94. The maximum Gasteiger partial charge on any atom is 0.0382 e. The van der Waals surface area contributed by atoms with Crippen LogP contribution in [0.5, 0.6) is 0 Å². The predicted octanol–water partition coefficient (Wildman–Crippen LogP) is 9.20. The number of allylic oxidation sites excluding steroid dienone is 4. The summed E-state index contributed by atoms with van der Waals surface area (Å²) < 4.78 is 2.67. The smallest absolute Gasteiger partial charge is 0.0382 e. The summed E-state index contributed by atoms with van der Waals surface area (Å²) in [6.45, 7) is 4.28. The SMILES string of the molecule is C/C(=C\C=C(/C)c1cc2ccccc2s1)Nc1ccc(-c2cc3ccccc3s2)cc1. The van der Waals surface area contributed by atoms with E-state index in [2.05, 4.69) is 116 Å². The number of benzene rings is 3. The van der Waals surface area contributed by atoms with Gasteiger partial charge in [-0.15, -0.1) is 22.7 Å². The van der Waals surface area contributed by atoms with Gasteiger partial charge in [0.2, 0.25) is 0 Å². The second kappa shape index (κ2) is 8.54. The van der Waals surface area contributed by atoms with E-state index in [9.17, 15) is 0 Å². The lowest BCUT2D eigenvalue weighted by atomic mass is 10.1. The van der Waals surface area contributed by atoms with Crippen molar-refractivity contribution >= 4 is 54.1 Å². The minimum Gasteiger partial charge on any atom is -0.359 e. The van der Waals surface area contributed by atoms with Gasteiger partial charge < -0.3 is 5.32 Å². The maximum absolute atomic E-state index is 3.50. The Kier molecular flexibility index (Phi) is 5.46. The molecule has 0 fully saturated rings. The average molecular weight is 438 g/mol. The van der Waals surface area contributed by atoms with Crippen molar-refractivity contribution in [2.45, 2.75) is 13.8 Å². The minimum atomic E-state index is 1.10. The number of nitrogens with one attached hydrogen (secondary N) is 1. The van der Waals surface area contributed by atoms with Crippen LogP contribution in [0.25, 0.3) is 36.2 Å². The Morgan fingerprint density at radius 1 is 0.710 bits per heavy atom. The molecular formula is C28H23NS2. The molecule has 0 saturated heterocycles. The van der Waals surface area contributed by atoms with E-state index in [1.807, 2.05) is 22.7 Å². The van der Waals surface area contributed by atoms with E-state index < -0.39 is 0 Å². The van der Waals surface area contributed by atoms with Crippen molar-refractivity contribution in [3.05, 3.63) is 108 Å². The van der Waals surface area contributed by atoms with Crippen molar-refractivity contribution in [3.8, 4) is 10.4 Å². The normalized spacial score (nSPS) is 12.6. The molecular weight excluding hydrogens is 414 g/mol. The van der Waals surface area contributed by atoms with E-state index in [1.165, 1.54) is 41.1 Å². The summed E-state index contributed by atoms with van der Waals surface area (Å²) in [5.74, 6) is 0. The van der Waals surface area contributed by atoms with Gasteiger partial charge in [-0.05, 0) is 78.2 Å². The van der Waals surface area contributed by atoms with E-state index in [0.29, 0.717) is 0 Å². The van der Waals surface area contributed by atoms with Crippen LogP contribution in [0.4, 0.5) is 5.69 Å². The zero-order valence-electron chi connectivity index (χ0n) is 17.6. The standard InChI is InChI=1S/C28H23NS2/c1-19(27-17-22-7-3-5-9-25(22)30-27)11-12-20(2)29-24-15-13-21(14-16-24)28-18-23-8-4-6-10-26(23)31-28/h3-18,29H,1-2H3/b19-11+,20-12+. The molecule has 2 heterocycles. The van der Waals surface area contributed by atoms with E-state index >= 15 is 0 Å². The Morgan fingerprint density at radius 2 is 1.35 bits per heavy atom. The first-order valence-corrected chi connectivity index (χ1v) is 12.0. The Balaban J connectivity index is 1.29. The lowest BCUT2D eigenvalue weighted by Gasteiger charge is -2.07. The van der Waals surface area contributed by atoms with Crippen molar-refractivity contribution in [1.82, 2.24) is 0 Å². The summed E-state index contributed by atoms with van der Waals surface area (Å²) in [5, 5.41) is 6.13. The predicted molar refractivity (Wildman–Crippen MR) is 140 cm³/mol. The Hall–Kier alpha value is -3.14. The molecule has 1 nitrogen and oxygen atoms in total. The van der Waals surface area contributed by atoms with Crippen LogP contribution in [0.3, 0.4) is 0 Å². The fourth-order valence-corrected chi connectivity index (χ4v) is 5.73. The number of hydrogen-bond donors (Lipinski definition) is 1. The van der Waals surface area contributed by atoms with Crippen LogP contribution in [-0.2, 0) is 0 Å². The van der Waals surface area contributed by atoms with Crippen LogP contribution >= 0.6 is 22.7 Å². The Labute approximate surface area is 191 Å². The van der Waals surface area contributed by atoms with Gasteiger partial charge in [-0.3, -0.25) is 0 Å². The van der Waals surface area contributed by atoms with Gasteiger partial charge in [-0.1, -0.05) is 54.6 Å². The highest BCUT2D eigenvalue weighted by Crippen LogP contribution is 2.34. The number of thiophene rings is 2. The summed E-state index contributed by atoms with van der Waals surface area (Å²) in [5.41, 5.74) is 4.76. The first-order chi connectivity index (χ1) is 15.2. The van der Waals surface area contributed by atoms with E-state index in [-0.39, 0.29) is 0 Å². The first kappa shape index (κ1) is 19.8. The molecule has 5 rings (SSSR count). The molecule has 0 bridgehead atoms. The molecule has 3 heteroatoms. The molecule has 31 heavy (non-hydrogen) atoms. The third-order valence-corrected chi connectivity index (χ3v) is 7.75. The Morgan fingerprint density at radius 3 is 2.03 bits per heavy atom. The number of anilines is 1. The van der Waals surface area contributed by atoms with Crippen LogP contribution in [0.2, 0.25) is 0 Å². The second-order valence-electron chi connectivity index (χ2n) is 7.70. The number of rotatable bonds is 5. The zero-order chi connectivity index (χ0) is 21.2. The Bertz CT molecular complexity index is 1350. The first-order valence-electron chi connectivity index (χ1n) is 10.4. The lowest BCUT2D eigenvalue weighted by molar-refractivity contribution is 1.37. The molecule has 3 aromatic carbocycles. The van der Waals surface area contributed by atoms with Gasteiger partial charge in [-0.25, -0.2) is 0 Å². The molecule has 152 valence electrons. The molecule has 0 aliphatic heterocycles. The van der Waals surface area contributed by atoms with Crippen molar-refractivity contribution in [3.63, 3.8) is 0 Å². The zero-order valence-corrected chi connectivity index (χ0v) is 19.2. The highest BCUT2D eigenvalue weighted by Gasteiger charge is 2.05. The van der Waals surface area contributed by atoms with Gasteiger partial charge in [-0.2, -0.15) is 0 Å². The van der Waals surface area contributed by atoms with Gasteiger partial charge in [0.15, 0.2) is 0 Å². The molecule has 0 aliphatic carbocycles. The summed E-state index contributed by atoms with van der Waals surface area (Å²) in [4.78, 5) is 2.62. The molecule has 5 aromatic rings. The van der Waals surface area contributed by atoms with Crippen molar-refractivity contribution in [2.75, 3.05) is 5.32 Å². The van der Waals surface area contributed by atoms with Gasteiger partial charge in [0.25, 0.3) is 0 Å². The summed E-state index contributed by atoms with van der Waals surface area (Å²) in [7, 11) is 0. The molecule has 0 radical (unpaired) electrons. The van der Waals surface area contributed by atoms with Crippen LogP contribution < -0.4 is 5.32 Å². The fraction of sp³-hybridized carbons (Fsp3) is 0.0714. The van der Waals surface area contributed by atoms with Gasteiger partial charge in [0.05, 0.1) is 0 Å². The van der Waals surface area contributed by atoms with Crippen LogP contribution in [0, 0.1) is 0 Å². The molecule has 0 atom stereocenters. The molecule has 0 aliphatic rings. The fourth-order valence-electron chi connectivity index (χ4n) is 3.62. The third-order valence-electron chi connectivity index (χ3n) is 5.33. The molecule has 2 aromatic heterocycles. The number of fused-ring (bicyclic) bond motifs is 2. The molecule has 0 saturated carbocycles. The van der Waals surface area contributed by atoms with Crippen molar-refractivity contribution in [2.24, 2.45) is 0 Å². The third kappa shape index (κ3) is 4.34. The van der Waals surface area contributed by atoms with E-state index in [1.54, 1.807) is 0 Å². The average Bonchev–Trinajstić information content (AvgIpc) is 3.42. The summed E-state index contributed by atoms with van der Waals surface area (Å²) >= 11 is 3.69. The monoisotopic (exact) mass is 437 g/mol. The molecule has 1 N–H and O–H groups in total. The van der Waals surface area contributed by atoms with Gasteiger partial charge in [0, 0.05) is 30.5 Å². The van der Waals surface area contributed by atoms with Crippen molar-refractivity contribution in [1.29, 1.82) is 0 Å². The topological polar surface area (TPSA) is 12.0 Å². The van der Waals surface area contributed by atoms with E-state index in [4.69, 9.17) is 0 Å². The summed E-state index contributed by atoms with van der Waals surface area (Å²) in [6, 6.07) is 30.3. The molecule has 0 unspecified atom stereocenters. The van der Waals surface area contributed by atoms with Crippen LogP contribution in [0.15, 0.2) is 103 Å². The largest absolute Gasteiger partial charge is 0.359 e. The van der Waals surface area contributed by atoms with Gasteiger partial charge in [0.1, 0.15) is 0 Å². The van der Waals surface area contributed by atoms with Crippen LogP contribution in [-0.4, -0.2) is 0 Å². The summed E-state index contributed by atoms with van der Waals surface area (Å²) in [6.07, 6.45) is 4.35. The quantitative estimate of drug-likeness (QED) is 0.270. The minimum absolute atomic E-state index is 1.10. The number of hydrogen-bond acceptors (Lipinski definition) is 3. The van der Waals surface area contributed by atoms with Gasteiger partial charge >= 0.3 is 0 Å². The van der Waals surface area contributed by atoms with E-state index in [0.717, 1.165) is 11.4 Å². The van der Waals surface area contributed by atoms with Crippen LogP contribution in [0.1, 0.15) is 18.7 Å². The second-order valence-corrected chi connectivity index (χ2v) is 9.87.